The second-order valence-electron chi connectivity index (χ2n) is 6.18. The number of benzene rings is 1. The van der Waals surface area contributed by atoms with E-state index in [1.807, 2.05) is 0 Å². The molecular formula is C16H21NO. The molecule has 1 spiro atoms. The van der Waals surface area contributed by atoms with Gasteiger partial charge in [0.05, 0.1) is 6.61 Å². The molecule has 2 aliphatic heterocycles. The van der Waals surface area contributed by atoms with E-state index in [1.165, 1.54) is 49.8 Å². The Kier molecular flexibility index (Phi) is 2.49. The summed E-state index contributed by atoms with van der Waals surface area (Å²) in [5, 5.41) is 0. The number of hydrogen-bond donors (Lipinski definition) is 0. The van der Waals surface area contributed by atoms with Crippen molar-refractivity contribution in [2.24, 2.45) is 5.92 Å². The SMILES string of the molecule is c1ccc2c(c1)CO[C@]13CCC[C@H](CCN1C2)C3. The van der Waals surface area contributed by atoms with Crippen molar-refractivity contribution in [3.05, 3.63) is 35.4 Å². The van der Waals surface area contributed by atoms with Crippen molar-refractivity contribution < 1.29 is 4.74 Å². The van der Waals surface area contributed by atoms with Crippen LogP contribution < -0.4 is 0 Å². The monoisotopic (exact) mass is 243 g/mol. The molecule has 2 heteroatoms. The smallest absolute Gasteiger partial charge is 0.122 e. The summed E-state index contributed by atoms with van der Waals surface area (Å²) in [6, 6.07) is 8.79. The van der Waals surface area contributed by atoms with Gasteiger partial charge in [-0.3, -0.25) is 4.90 Å². The van der Waals surface area contributed by atoms with Gasteiger partial charge in [0.15, 0.2) is 0 Å². The molecule has 0 amide bonds. The van der Waals surface area contributed by atoms with E-state index >= 15 is 0 Å². The van der Waals surface area contributed by atoms with Crippen molar-refractivity contribution in [3.8, 4) is 0 Å². The van der Waals surface area contributed by atoms with E-state index in [1.54, 1.807) is 0 Å². The van der Waals surface area contributed by atoms with Crippen LogP contribution in [-0.2, 0) is 17.9 Å². The van der Waals surface area contributed by atoms with Crippen molar-refractivity contribution in [3.63, 3.8) is 0 Å². The Morgan fingerprint density at radius 3 is 3.00 bits per heavy atom. The summed E-state index contributed by atoms with van der Waals surface area (Å²) in [6.07, 6.45) is 6.63. The minimum atomic E-state index is 0.0696. The second kappa shape index (κ2) is 4.07. The van der Waals surface area contributed by atoms with Gasteiger partial charge in [-0.2, -0.15) is 0 Å². The van der Waals surface area contributed by atoms with E-state index in [0.29, 0.717) is 0 Å². The highest BCUT2D eigenvalue weighted by Crippen LogP contribution is 2.45. The highest BCUT2D eigenvalue weighted by atomic mass is 16.5. The normalized spacial score (nSPS) is 35.4. The van der Waals surface area contributed by atoms with Gasteiger partial charge in [-0.25, -0.2) is 0 Å². The van der Waals surface area contributed by atoms with Crippen LogP contribution in [0.25, 0.3) is 0 Å². The minimum absolute atomic E-state index is 0.0696. The van der Waals surface area contributed by atoms with E-state index < -0.39 is 0 Å². The highest BCUT2D eigenvalue weighted by Gasteiger charge is 2.46. The topological polar surface area (TPSA) is 12.5 Å². The first kappa shape index (κ1) is 11.0. The van der Waals surface area contributed by atoms with Crippen molar-refractivity contribution >= 4 is 0 Å². The number of rotatable bonds is 0. The van der Waals surface area contributed by atoms with Gasteiger partial charge in [0, 0.05) is 13.1 Å². The predicted molar refractivity (Wildman–Crippen MR) is 70.9 cm³/mol. The third-order valence-corrected chi connectivity index (χ3v) is 5.15. The maximum absolute atomic E-state index is 6.42. The molecule has 18 heavy (non-hydrogen) atoms. The fraction of sp³-hybridized carbons (Fsp3) is 0.625. The Labute approximate surface area is 109 Å². The first-order valence-corrected chi connectivity index (χ1v) is 7.32. The lowest BCUT2D eigenvalue weighted by atomic mass is 9.77. The van der Waals surface area contributed by atoms with Crippen LogP contribution in [-0.4, -0.2) is 17.2 Å². The molecule has 1 saturated heterocycles. The molecule has 2 fully saturated rings. The number of hydrogen-bond acceptors (Lipinski definition) is 2. The maximum Gasteiger partial charge on any atom is 0.122 e. The lowest BCUT2D eigenvalue weighted by Gasteiger charge is -2.51. The van der Waals surface area contributed by atoms with Gasteiger partial charge in [0.25, 0.3) is 0 Å². The molecule has 1 aliphatic carbocycles. The minimum Gasteiger partial charge on any atom is -0.356 e. The van der Waals surface area contributed by atoms with E-state index in [9.17, 15) is 0 Å². The molecule has 1 saturated carbocycles. The summed E-state index contributed by atoms with van der Waals surface area (Å²) in [5.41, 5.74) is 2.93. The number of fused-ring (bicyclic) bond motifs is 2. The molecule has 0 aromatic heterocycles. The van der Waals surface area contributed by atoms with Crippen molar-refractivity contribution in [1.82, 2.24) is 4.90 Å². The third kappa shape index (κ3) is 1.63. The fourth-order valence-electron chi connectivity index (χ4n) is 4.11. The summed E-state index contributed by atoms with van der Waals surface area (Å²) in [5.74, 6) is 0.913. The molecule has 4 rings (SSSR count). The van der Waals surface area contributed by atoms with Gasteiger partial charge in [0.1, 0.15) is 5.72 Å². The average Bonchev–Trinajstić information content (AvgIpc) is 2.56. The molecule has 1 aromatic rings. The van der Waals surface area contributed by atoms with Crippen molar-refractivity contribution in [2.45, 2.75) is 51.0 Å². The van der Waals surface area contributed by atoms with Crippen LogP contribution in [0.1, 0.15) is 43.2 Å². The van der Waals surface area contributed by atoms with E-state index in [2.05, 4.69) is 29.2 Å². The zero-order valence-corrected chi connectivity index (χ0v) is 10.9. The molecule has 96 valence electrons. The van der Waals surface area contributed by atoms with Crippen LogP contribution in [0.5, 0.6) is 0 Å². The Hall–Kier alpha value is -0.860. The fourth-order valence-corrected chi connectivity index (χ4v) is 4.11. The van der Waals surface area contributed by atoms with Crippen LogP contribution in [0.3, 0.4) is 0 Å². The first-order valence-electron chi connectivity index (χ1n) is 7.32. The molecule has 2 atom stereocenters. The molecule has 0 N–H and O–H groups in total. The molecule has 2 bridgehead atoms. The van der Waals surface area contributed by atoms with Crippen molar-refractivity contribution in [2.75, 3.05) is 6.54 Å². The third-order valence-electron chi connectivity index (χ3n) is 5.15. The Morgan fingerprint density at radius 2 is 2.06 bits per heavy atom. The molecule has 3 aliphatic rings. The molecule has 0 radical (unpaired) electrons. The van der Waals surface area contributed by atoms with Crippen LogP contribution in [0.15, 0.2) is 24.3 Å². The van der Waals surface area contributed by atoms with Crippen LogP contribution in [0.4, 0.5) is 0 Å². The largest absolute Gasteiger partial charge is 0.356 e. The number of ether oxygens (including phenoxy) is 1. The lowest BCUT2D eigenvalue weighted by Crippen LogP contribution is -2.56. The molecule has 2 heterocycles. The molecule has 1 aromatic carbocycles. The molecular weight excluding hydrogens is 222 g/mol. The second-order valence-corrected chi connectivity index (χ2v) is 6.18. The molecule has 2 nitrogen and oxygen atoms in total. The zero-order valence-electron chi connectivity index (χ0n) is 10.9. The summed E-state index contributed by atoms with van der Waals surface area (Å²) in [7, 11) is 0. The van der Waals surface area contributed by atoms with Gasteiger partial charge in [-0.05, 0) is 42.7 Å². The summed E-state index contributed by atoms with van der Waals surface area (Å²) in [4.78, 5) is 2.62. The van der Waals surface area contributed by atoms with E-state index in [0.717, 1.165) is 19.1 Å². The Balaban J connectivity index is 1.70. The Bertz CT molecular complexity index is 458. The summed E-state index contributed by atoms with van der Waals surface area (Å²) < 4.78 is 6.42. The Morgan fingerprint density at radius 1 is 1.17 bits per heavy atom. The first-order chi connectivity index (χ1) is 8.86. The number of piperidine rings is 1. The average molecular weight is 243 g/mol. The summed E-state index contributed by atoms with van der Waals surface area (Å²) >= 11 is 0. The number of nitrogens with zero attached hydrogens (tertiary/aromatic N) is 1. The van der Waals surface area contributed by atoms with Gasteiger partial charge in [0.2, 0.25) is 0 Å². The van der Waals surface area contributed by atoms with Gasteiger partial charge in [-0.1, -0.05) is 30.7 Å². The summed E-state index contributed by atoms with van der Waals surface area (Å²) in [6.45, 7) is 3.11. The van der Waals surface area contributed by atoms with Crippen LogP contribution in [0.2, 0.25) is 0 Å². The predicted octanol–water partition coefficient (Wildman–Crippen LogP) is 3.31. The lowest BCUT2D eigenvalue weighted by molar-refractivity contribution is -0.209. The van der Waals surface area contributed by atoms with Gasteiger partial charge >= 0.3 is 0 Å². The zero-order chi connectivity index (χ0) is 12.0. The van der Waals surface area contributed by atoms with Crippen LogP contribution in [0, 0.1) is 5.92 Å². The molecule has 0 unspecified atom stereocenters. The van der Waals surface area contributed by atoms with Crippen molar-refractivity contribution in [1.29, 1.82) is 0 Å². The van der Waals surface area contributed by atoms with Gasteiger partial charge in [-0.15, -0.1) is 0 Å². The van der Waals surface area contributed by atoms with Gasteiger partial charge < -0.3 is 4.74 Å². The standard InChI is InChI=1S/C16H21NO/c1-2-6-15-12-18-16-8-3-4-13(10-16)7-9-17(16)11-14(15)5-1/h1-2,5-6,13H,3-4,7-12H2/t13-,16+/m1/s1. The van der Waals surface area contributed by atoms with E-state index in [-0.39, 0.29) is 5.72 Å². The highest BCUT2D eigenvalue weighted by molar-refractivity contribution is 5.27. The maximum atomic E-state index is 6.42. The van der Waals surface area contributed by atoms with E-state index in [4.69, 9.17) is 4.74 Å². The van der Waals surface area contributed by atoms with Crippen LogP contribution >= 0.6 is 0 Å². The quantitative estimate of drug-likeness (QED) is 0.693.